The monoisotopic (exact) mass is 396 g/mol. The average Bonchev–Trinajstić information content (AvgIpc) is 3.20. The van der Waals surface area contributed by atoms with E-state index in [1.807, 2.05) is 60.7 Å². The van der Waals surface area contributed by atoms with E-state index >= 15 is 0 Å². The normalized spacial score (nSPS) is 10.8. The first kappa shape index (κ1) is 17.6. The number of aromatic nitrogens is 5. The van der Waals surface area contributed by atoms with Gasteiger partial charge in [0.25, 0.3) is 5.56 Å². The Bertz CT molecular complexity index is 1360. The zero-order chi connectivity index (χ0) is 20.3. The summed E-state index contributed by atoms with van der Waals surface area (Å²) in [6.07, 6.45) is 3.18. The van der Waals surface area contributed by atoms with Gasteiger partial charge in [-0.15, -0.1) is 0 Å². The third-order valence-corrected chi connectivity index (χ3v) is 4.40. The van der Waals surface area contributed by atoms with E-state index < -0.39 is 0 Å². The van der Waals surface area contributed by atoms with Gasteiger partial charge in [0.2, 0.25) is 11.8 Å². The van der Waals surface area contributed by atoms with Crippen LogP contribution in [0.1, 0.15) is 0 Å². The smallest absolute Gasteiger partial charge is 0.263 e. The quantitative estimate of drug-likeness (QED) is 0.465. The molecule has 0 bridgehead atoms. The van der Waals surface area contributed by atoms with Gasteiger partial charge in [-0.2, -0.15) is 10.1 Å². The van der Waals surface area contributed by atoms with E-state index in [0.29, 0.717) is 34.3 Å². The summed E-state index contributed by atoms with van der Waals surface area (Å²) in [5, 5.41) is 7.85. The van der Waals surface area contributed by atoms with E-state index in [9.17, 15) is 4.79 Å². The number of ether oxygens (including phenoxy) is 1. The number of anilines is 2. The molecule has 146 valence electrons. The van der Waals surface area contributed by atoms with Gasteiger partial charge in [-0.25, -0.2) is 9.67 Å². The molecule has 5 rings (SSSR count). The predicted molar refractivity (Wildman–Crippen MR) is 114 cm³/mol. The Hall–Kier alpha value is -4.46. The number of hydrogen-bond donors (Lipinski definition) is 2. The summed E-state index contributed by atoms with van der Waals surface area (Å²) in [7, 11) is 0. The highest BCUT2D eigenvalue weighted by atomic mass is 16.5. The lowest BCUT2D eigenvalue weighted by atomic mass is 10.3. The molecule has 2 aromatic carbocycles. The summed E-state index contributed by atoms with van der Waals surface area (Å²) in [6.45, 7) is 0. The molecule has 0 radical (unpaired) electrons. The molecule has 0 unspecified atom stereocenters. The lowest BCUT2D eigenvalue weighted by Gasteiger charge is -2.09. The fraction of sp³-hybridized carbons (Fsp3) is 0. The molecule has 8 heteroatoms. The number of pyridine rings is 1. The van der Waals surface area contributed by atoms with Gasteiger partial charge in [0.05, 0.1) is 11.9 Å². The predicted octanol–water partition coefficient (Wildman–Crippen LogP) is 4.04. The highest BCUT2D eigenvalue weighted by molar-refractivity contribution is 5.77. The second kappa shape index (κ2) is 7.51. The van der Waals surface area contributed by atoms with Crippen molar-refractivity contribution in [3.63, 3.8) is 0 Å². The fourth-order valence-electron chi connectivity index (χ4n) is 3.04. The Morgan fingerprint density at radius 3 is 2.67 bits per heavy atom. The molecule has 0 aliphatic heterocycles. The maximum Gasteiger partial charge on any atom is 0.263 e. The van der Waals surface area contributed by atoms with E-state index in [-0.39, 0.29) is 5.56 Å². The number of hydrogen-bond acceptors (Lipinski definition) is 6. The van der Waals surface area contributed by atoms with Crippen LogP contribution < -0.4 is 15.6 Å². The molecule has 30 heavy (non-hydrogen) atoms. The van der Waals surface area contributed by atoms with Crippen LogP contribution >= 0.6 is 0 Å². The summed E-state index contributed by atoms with van der Waals surface area (Å²) in [5.41, 5.74) is 1.72. The number of para-hydroxylation sites is 1. The molecule has 0 atom stereocenters. The zero-order valence-corrected chi connectivity index (χ0v) is 15.7. The minimum Gasteiger partial charge on any atom is -0.439 e. The van der Waals surface area contributed by atoms with E-state index in [2.05, 4.69) is 25.4 Å². The molecule has 0 aliphatic rings. The number of rotatable bonds is 5. The average molecular weight is 396 g/mol. The van der Waals surface area contributed by atoms with E-state index in [0.717, 1.165) is 5.69 Å². The maximum absolute atomic E-state index is 12.5. The van der Waals surface area contributed by atoms with Gasteiger partial charge in [-0.3, -0.25) is 9.78 Å². The van der Waals surface area contributed by atoms with E-state index in [4.69, 9.17) is 4.74 Å². The summed E-state index contributed by atoms with van der Waals surface area (Å²) < 4.78 is 7.39. The molecule has 0 amide bonds. The van der Waals surface area contributed by atoms with Crippen LogP contribution in [0.3, 0.4) is 0 Å². The molecular formula is C22H16N6O2. The van der Waals surface area contributed by atoms with Crippen molar-refractivity contribution in [2.24, 2.45) is 0 Å². The van der Waals surface area contributed by atoms with Gasteiger partial charge in [-0.05, 0) is 30.3 Å². The van der Waals surface area contributed by atoms with Crippen LogP contribution in [0.2, 0.25) is 0 Å². The lowest BCUT2D eigenvalue weighted by Crippen LogP contribution is -2.11. The van der Waals surface area contributed by atoms with Crippen LogP contribution in [0, 0.1) is 0 Å². The third kappa shape index (κ3) is 3.49. The van der Waals surface area contributed by atoms with Gasteiger partial charge in [-0.1, -0.05) is 30.3 Å². The molecule has 5 aromatic rings. The molecular weight excluding hydrogens is 380 g/mol. The number of nitrogens with one attached hydrogen (secondary N) is 2. The molecule has 3 aromatic heterocycles. The largest absolute Gasteiger partial charge is 0.439 e. The van der Waals surface area contributed by atoms with Gasteiger partial charge < -0.3 is 10.1 Å². The number of nitrogens with zero attached hydrogens (tertiary/aromatic N) is 4. The summed E-state index contributed by atoms with van der Waals surface area (Å²) >= 11 is 0. The summed E-state index contributed by atoms with van der Waals surface area (Å²) in [4.78, 5) is 24.0. The first-order chi connectivity index (χ1) is 14.8. The highest BCUT2D eigenvalue weighted by Gasteiger charge is 2.12. The number of aromatic amines is 1. The van der Waals surface area contributed by atoms with E-state index in [1.165, 1.54) is 6.20 Å². The van der Waals surface area contributed by atoms with Crippen LogP contribution in [0.15, 0.2) is 90.0 Å². The number of benzene rings is 2. The van der Waals surface area contributed by atoms with Crippen molar-refractivity contribution in [2.75, 3.05) is 5.32 Å². The molecule has 8 nitrogen and oxygen atoms in total. The van der Waals surface area contributed by atoms with Crippen molar-refractivity contribution in [3.8, 4) is 17.3 Å². The number of H-pyrrole nitrogens is 1. The Labute approximate surface area is 170 Å². The van der Waals surface area contributed by atoms with Crippen molar-refractivity contribution < 1.29 is 4.74 Å². The fourth-order valence-corrected chi connectivity index (χ4v) is 3.04. The minimum absolute atomic E-state index is 0.273. The Balaban J connectivity index is 1.47. The minimum atomic E-state index is -0.273. The van der Waals surface area contributed by atoms with Crippen molar-refractivity contribution in [2.45, 2.75) is 0 Å². The molecule has 3 heterocycles. The third-order valence-electron chi connectivity index (χ3n) is 4.40. The van der Waals surface area contributed by atoms with Crippen molar-refractivity contribution in [3.05, 3.63) is 95.5 Å². The van der Waals surface area contributed by atoms with Gasteiger partial charge in [0.1, 0.15) is 11.1 Å². The number of fused-ring (bicyclic) bond motifs is 1. The first-order valence-corrected chi connectivity index (χ1v) is 9.26. The second-order valence-electron chi connectivity index (χ2n) is 6.47. The maximum atomic E-state index is 12.5. The van der Waals surface area contributed by atoms with Gasteiger partial charge in [0.15, 0.2) is 5.65 Å². The second-order valence-corrected chi connectivity index (χ2v) is 6.47. The Morgan fingerprint density at radius 2 is 1.83 bits per heavy atom. The van der Waals surface area contributed by atoms with E-state index in [1.54, 1.807) is 23.0 Å². The van der Waals surface area contributed by atoms with Crippen molar-refractivity contribution in [1.82, 2.24) is 24.7 Å². The molecule has 2 N–H and O–H groups in total. The van der Waals surface area contributed by atoms with Crippen LogP contribution in [0.4, 0.5) is 11.6 Å². The molecule has 0 aliphatic carbocycles. The standard InChI is InChI=1S/C22H16N6O2/c29-21-18-14-24-28(16-8-2-1-3-9-16)20(18)26-22(27-21)25-15-7-6-10-17(13-15)30-19-11-4-5-12-23-19/h1-14H,(H2,25,26,27,29). The highest BCUT2D eigenvalue weighted by Crippen LogP contribution is 2.24. The molecule has 0 fully saturated rings. The van der Waals surface area contributed by atoms with Crippen LogP contribution in [-0.2, 0) is 0 Å². The Kier molecular flexibility index (Phi) is 4.41. The van der Waals surface area contributed by atoms with Crippen molar-refractivity contribution >= 4 is 22.7 Å². The lowest BCUT2D eigenvalue weighted by molar-refractivity contribution is 0.463. The van der Waals surface area contributed by atoms with Gasteiger partial charge in [0, 0.05) is 24.0 Å². The first-order valence-electron chi connectivity index (χ1n) is 9.26. The van der Waals surface area contributed by atoms with Crippen LogP contribution in [0.25, 0.3) is 16.7 Å². The SMILES string of the molecule is O=c1[nH]c(Nc2cccc(Oc3ccccn3)c2)nc2c1cnn2-c1ccccc1. The van der Waals surface area contributed by atoms with Crippen LogP contribution in [-0.4, -0.2) is 24.7 Å². The zero-order valence-electron chi connectivity index (χ0n) is 15.7. The summed E-state index contributed by atoms with van der Waals surface area (Å²) in [5.74, 6) is 1.41. The molecule has 0 spiro atoms. The molecule has 0 saturated heterocycles. The Morgan fingerprint density at radius 1 is 0.967 bits per heavy atom. The van der Waals surface area contributed by atoms with Crippen LogP contribution in [0.5, 0.6) is 11.6 Å². The van der Waals surface area contributed by atoms with Gasteiger partial charge >= 0.3 is 0 Å². The molecule has 0 saturated carbocycles. The topological polar surface area (TPSA) is 97.7 Å². The van der Waals surface area contributed by atoms with Crippen molar-refractivity contribution in [1.29, 1.82) is 0 Å². The summed E-state index contributed by atoms with van der Waals surface area (Å²) in [6, 6.07) is 22.3.